The monoisotopic (exact) mass is 436 g/mol. The Morgan fingerprint density at radius 2 is 0.806 bits per heavy atom. The van der Waals surface area contributed by atoms with Crippen LogP contribution in [0.2, 0.25) is 0 Å². The first-order valence-electron chi connectivity index (χ1n) is 11.0. The Morgan fingerprint density at radius 3 is 1.03 bits per heavy atom. The minimum atomic E-state index is -0.740. The van der Waals surface area contributed by atoms with Crippen LogP contribution >= 0.6 is 7.92 Å². The van der Waals surface area contributed by atoms with Crippen molar-refractivity contribution in [2.75, 3.05) is 19.8 Å². The molecule has 4 heteroatoms. The van der Waals surface area contributed by atoms with Crippen molar-refractivity contribution in [3.8, 4) is 17.2 Å². The van der Waals surface area contributed by atoms with Crippen LogP contribution in [0.15, 0.2) is 54.6 Å². The highest BCUT2D eigenvalue weighted by Gasteiger charge is 2.23. The molecule has 0 aliphatic carbocycles. The molecule has 0 unspecified atom stereocenters. The van der Waals surface area contributed by atoms with Crippen molar-refractivity contribution in [3.05, 3.63) is 71.3 Å². The van der Waals surface area contributed by atoms with E-state index in [0.717, 1.165) is 17.2 Å². The summed E-state index contributed by atoms with van der Waals surface area (Å²) in [5, 5.41) is 4.04. The topological polar surface area (TPSA) is 27.7 Å². The first-order valence-corrected chi connectivity index (χ1v) is 12.3. The quantitative estimate of drug-likeness (QED) is 0.411. The zero-order valence-corrected chi connectivity index (χ0v) is 20.4. The molecule has 3 aromatic rings. The minimum absolute atomic E-state index is 0.670. The van der Waals surface area contributed by atoms with Gasteiger partial charge in [0.05, 0.1) is 19.8 Å². The van der Waals surface area contributed by atoms with Gasteiger partial charge in [0, 0.05) is 0 Å². The molecule has 0 fully saturated rings. The van der Waals surface area contributed by atoms with E-state index in [4.69, 9.17) is 14.2 Å². The van der Waals surface area contributed by atoms with Gasteiger partial charge in [-0.15, -0.1) is 0 Å². The van der Waals surface area contributed by atoms with Gasteiger partial charge in [-0.3, -0.25) is 0 Å². The Hall–Kier alpha value is -2.51. The maximum absolute atomic E-state index is 5.74. The summed E-state index contributed by atoms with van der Waals surface area (Å²) >= 11 is 0. The lowest BCUT2D eigenvalue weighted by atomic mass is 10.2. The summed E-state index contributed by atoms with van der Waals surface area (Å²) in [6.07, 6.45) is 0. The van der Waals surface area contributed by atoms with E-state index in [2.05, 4.69) is 75.4 Å². The van der Waals surface area contributed by atoms with Crippen molar-refractivity contribution in [1.82, 2.24) is 0 Å². The maximum Gasteiger partial charge on any atom is 0.119 e. The highest BCUT2D eigenvalue weighted by molar-refractivity contribution is 7.80. The van der Waals surface area contributed by atoms with Crippen LogP contribution in [0.1, 0.15) is 37.5 Å². The van der Waals surface area contributed by atoms with Gasteiger partial charge >= 0.3 is 0 Å². The number of aryl methyl sites for hydroxylation is 3. The molecule has 0 spiro atoms. The van der Waals surface area contributed by atoms with Gasteiger partial charge in [-0.2, -0.15) is 0 Å². The number of hydrogen-bond donors (Lipinski definition) is 0. The molecule has 3 rings (SSSR count). The van der Waals surface area contributed by atoms with Gasteiger partial charge in [0.25, 0.3) is 0 Å². The Bertz CT molecular complexity index is 897. The van der Waals surface area contributed by atoms with Crippen molar-refractivity contribution in [1.29, 1.82) is 0 Å². The van der Waals surface area contributed by atoms with Crippen LogP contribution in [-0.4, -0.2) is 19.8 Å². The first kappa shape index (κ1) is 23.2. The summed E-state index contributed by atoms with van der Waals surface area (Å²) in [6.45, 7) is 14.6. The molecule has 0 atom stereocenters. The summed E-state index contributed by atoms with van der Waals surface area (Å²) in [5.41, 5.74) is 3.75. The zero-order valence-electron chi connectivity index (χ0n) is 19.5. The fraction of sp³-hybridized carbons (Fsp3) is 0.333. The van der Waals surface area contributed by atoms with Crippen LogP contribution < -0.4 is 30.1 Å². The Morgan fingerprint density at radius 1 is 0.516 bits per heavy atom. The SMILES string of the molecule is CCOc1ccc(P(c2ccc(OCC)cc2C)c2ccc(OCC)cc2C)c(C)c1. The van der Waals surface area contributed by atoms with Gasteiger partial charge < -0.3 is 14.2 Å². The van der Waals surface area contributed by atoms with Crippen molar-refractivity contribution < 1.29 is 14.2 Å². The molecular formula is C27H33O3P. The number of hydrogen-bond acceptors (Lipinski definition) is 3. The predicted molar refractivity (Wildman–Crippen MR) is 133 cm³/mol. The van der Waals surface area contributed by atoms with Crippen molar-refractivity contribution >= 4 is 23.8 Å². The van der Waals surface area contributed by atoms with E-state index >= 15 is 0 Å². The van der Waals surface area contributed by atoms with E-state index in [0.29, 0.717) is 19.8 Å². The van der Waals surface area contributed by atoms with Gasteiger partial charge in [-0.05, 0) is 137 Å². The molecule has 0 bridgehead atoms. The molecule has 0 N–H and O–H groups in total. The van der Waals surface area contributed by atoms with Gasteiger partial charge in [0.15, 0.2) is 0 Å². The van der Waals surface area contributed by atoms with Crippen LogP contribution in [-0.2, 0) is 0 Å². The Balaban J connectivity index is 2.16. The third-order valence-electron chi connectivity index (χ3n) is 5.16. The molecule has 0 aliphatic heterocycles. The Labute approximate surface area is 188 Å². The van der Waals surface area contributed by atoms with Crippen LogP contribution in [0.5, 0.6) is 17.2 Å². The van der Waals surface area contributed by atoms with E-state index < -0.39 is 7.92 Å². The lowest BCUT2D eigenvalue weighted by Gasteiger charge is -2.25. The van der Waals surface area contributed by atoms with E-state index in [1.807, 2.05) is 20.8 Å². The minimum Gasteiger partial charge on any atom is -0.494 e. The molecule has 0 radical (unpaired) electrons. The fourth-order valence-corrected chi connectivity index (χ4v) is 6.50. The predicted octanol–water partition coefficient (Wildman–Crippen LogP) is 5.57. The second-order valence-electron chi connectivity index (χ2n) is 7.48. The zero-order chi connectivity index (χ0) is 22.4. The molecule has 0 aromatic heterocycles. The molecular weight excluding hydrogens is 403 g/mol. The fourth-order valence-electron chi connectivity index (χ4n) is 3.80. The summed E-state index contributed by atoms with van der Waals surface area (Å²) < 4.78 is 17.2. The third kappa shape index (κ3) is 5.40. The molecule has 164 valence electrons. The van der Waals surface area contributed by atoms with Crippen LogP contribution in [0, 0.1) is 20.8 Å². The standard InChI is InChI=1S/C27H33O3P/c1-7-28-22-10-13-25(19(4)16-22)31(26-14-11-23(29-8-2)17-20(26)5)27-15-12-24(30-9-3)18-21(27)6/h10-18H,7-9H2,1-6H3. The number of ether oxygens (including phenoxy) is 3. The highest BCUT2D eigenvalue weighted by Crippen LogP contribution is 2.38. The van der Waals surface area contributed by atoms with Gasteiger partial charge in [0.2, 0.25) is 0 Å². The van der Waals surface area contributed by atoms with Gasteiger partial charge in [0.1, 0.15) is 17.2 Å². The molecule has 31 heavy (non-hydrogen) atoms. The normalized spacial score (nSPS) is 10.9. The summed E-state index contributed by atoms with van der Waals surface area (Å²) in [6, 6.07) is 19.4. The third-order valence-corrected chi connectivity index (χ3v) is 8.11. The highest BCUT2D eigenvalue weighted by atomic mass is 31.1. The van der Waals surface area contributed by atoms with Crippen molar-refractivity contribution in [3.63, 3.8) is 0 Å². The molecule has 0 heterocycles. The molecule has 0 aliphatic rings. The second kappa shape index (κ2) is 10.7. The van der Waals surface area contributed by atoms with Crippen LogP contribution in [0.4, 0.5) is 0 Å². The summed E-state index contributed by atoms with van der Waals surface area (Å²) in [7, 11) is -0.740. The molecule has 3 nitrogen and oxygen atoms in total. The Kier molecular flexibility index (Phi) is 7.98. The summed E-state index contributed by atoms with van der Waals surface area (Å²) in [4.78, 5) is 0. The summed E-state index contributed by atoms with van der Waals surface area (Å²) in [5.74, 6) is 2.77. The molecule has 0 saturated heterocycles. The lowest BCUT2D eigenvalue weighted by molar-refractivity contribution is 0.340. The van der Waals surface area contributed by atoms with Gasteiger partial charge in [-0.1, -0.05) is 0 Å². The van der Waals surface area contributed by atoms with E-state index in [1.54, 1.807) is 0 Å². The van der Waals surface area contributed by atoms with E-state index in [-0.39, 0.29) is 0 Å². The van der Waals surface area contributed by atoms with Crippen molar-refractivity contribution in [2.24, 2.45) is 0 Å². The van der Waals surface area contributed by atoms with E-state index in [1.165, 1.54) is 32.6 Å². The average Bonchev–Trinajstić information content (AvgIpc) is 2.73. The van der Waals surface area contributed by atoms with Crippen molar-refractivity contribution in [2.45, 2.75) is 41.5 Å². The molecule has 3 aromatic carbocycles. The number of rotatable bonds is 9. The second-order valence-corrected chi connectivity index (χ2v) is 9.60. The first-order chi connectivity index (χ1) is 15.0. The smallest absolute Gasteiger partial charge is 0.119 e. The number of benzene rings is 3. The van der Waals surface area contributed by atoms with Crippen LogP contribution in [0.3, 0.4) is 0 Å². The maximum atomic E-state index is 5.74. The molecule has 0 saturated carbocycles. The lowest BCUT2D eigenvalue weighted by Crippen LogP contribution is -2.25. The largest absolute Gasteiger partial charge is 0.494 e. The van der Waals surface area contributed by atoms with Gasteiger partial charge in [-0.25, -0.2) is 0 Å². The molecule has 0 amide bonds. The van der Waals surface area contributed by atoms with Crippen LogP contribution in [0.25, 0.3) is 0 Å². The van der Waals surface area contributed by atoms with E-state index in [9.17, 15) is 0 Å². The average molecular weight is 437 g/mol.